The van der Waals surface area contributed by atoms with Crippen molar-refractivity contribution in [3.05, 3.63) is 17.2 Å². The van der Waals surface area contributed by atoms with Gasteiger partial charge in [-0.3, -0.25) is 9.59 Å². The fourth-order valence-corrected chi connectivity index (χ4v) is 3.53. The molecule has 1 aliphatic heterocycles. The number of carbonyl (C=O) groups excluding carboxylic acids is 1. The average molecular weight is 349 g/mol. The summed E-state index contributed by atoms with van der Waals surface area (Å²) in [7, 11) is 4.71. The maximum atomic E-state index is 12.7. The molecular formula is C18H23NO6. The van der Waals surface area contributed by atoms with Crippen LogP contribution in [-0.4, -0.2) is 56.3 Å². The highest BCUT2D eigenvalue weighted by Gasteiger charge is 2.58. The van der Waals surface area contributed by atoms with E-state index in [0.29, 0.717) is 56.0 Å². The van der Waals surface area contributed by atoms with Crippen LogP contribution >= 0.6 is 0 Å². The highest BCUT2D eigenvalue weighted by atomic mass is 16.5. The number of aliphatic carboxylic acids is 1. The lowest BCUT2D eigenvalue weighted by Crippen LogP contribution is -2.42. The van der Waals surface area contributed by atoms with Crippen LogP contribution in [0.5, 0.6) is 17.2 Å². The minimum Gasteiger partial charge on any atom is -0.493 e. The number of nitrogens with zero attached hydrogens (tertiary/aromatic N) is 1. The predicted molar refractivity (Wildman–Crippen MR) is 89.4 cm³/mol. The molecule has 25 heavy (non-hydrogen) atoms. The van der Waals surface area contributed by atoms with Crippen molar-refractivity contribution in [3.63, 3.8) is 0 Å². The van der Waals surface area contributed by atoms with Gasteiger partial charge in [0.25, 0.3) is 0 Å². The Kier molecular flexibility index (Phi) is 4.49. The Morgan fingerprint density at radius 1 is 1.04 bits per heavy atom. The van der Waals surface area contributed by atoms with Crippen molar-refractivity contribution >= 4 is 11.9 Å². The lowest BCUT2D eigenvalue weighted by atomic mass is 10.0. The Hall–Kier alpha value is -2.44. The predicted octanol–water partition coefficient (Wildman–Crippen LogP) is 1.50. The molecule has 1 aromatic carbocycles. The number of carbonyl (C=O) groups is 2. The second-order valence-electron chi connectivity index (χ2n) is 6.46. The molecule has 1 N–H and O–H groups in total. The fourth-order valence-electron chi connectivity index (χ4n) is 3.53. The first-order chi connectivity index (χ1) is 12.0. The monoisotopic (exact) mass is 349 g/mol. The Bertz CT molecular complexity index is 710. The lowest BCUT2D eigenvalue weighted by Gasteiger charge is -2.23. The smallest absolute Gasteiger partial charge is 0.319 e. The summed E-state index contributed by atoms with van der Waals surface area (Å²) < 4.78 is 16.4. The number of hydrogen-bond acceptors (Lipinski definition) is 5. The molecule has 0 radical (unpaired) electrons. The van der Waals surface area contributed by atoms with Gasteiger partial charge >= 0.3 is 5.97 Å². The van der Waals surface area contributed by atoms with Crippen LogP contribution in [0.4, 0.5) is 0 Å². The molecule has 1 fully saturated rings. The van der Waals surface area contributed by atoms with Crippen LogP contribution in [0.1, 0.15) is 24.0 Å². The zero-order valence-corrected chi connectivity index (χ0v) is 14.8. The SMILES string of the molecule is COc1cc2c(c(OC)c1OC)CCN(C(=O)C1(C(=O)O)CC1)CC2. The van der Waals surface area contributed by atoms with E-state index in [2.05, 4.69) is 0 Å². The maximum absolute atomic E-state index is 12.7. The molecule has 7 nitrogen and oxygen atoms in total. The molecule has 0 saturated heterocycles. The van der Waals surface area contributed by atoms with E-state index in [1.54, 1.807) is 26.2 Å². The number of amides is 1. The normalized spacial score (nSPS) is 18.0. The second-order valence-corrected chi connectivity index (χ2v) is 6.46. The first-order valence-electron chi connectivity index (χ1n) is 8.32. The largest absolute Gasteiger partial charge is 0.493 e. The van der Waals surface area contributed by atoms with E-state index in [1.807, 2.05) is 6.07 Å². The molecule has 136 valence electrons. The van der Waals surface area contributed by atoms with Gasteiger partial charge in [0.15, 0.2) is 11.5 Å². The molecule has 0 unspecified atom stereocenters. The molecular weight excluding hydrogens is 326 g/mol. The van der Waals surface area contributed by atoms with Gasteiger partial charge in [0, 0.05) is 18.7 Å². The van der Waals surface area contributed by atoms with Gasteiger partial charge < -0.3 is 24.2 Å². The summed E-state index contributed by atoms with van der Waals surface area (Å²) in [6.07, 6.45) is 2.05. The van der Waals surface area contributed by atoms with Gasteiger partial charge in [-0.25, -0.2) is 0 Å². The Balaban J connectivity index is 1.90. The molecule has 3 rings (SSSR count). The molecule has 0 atom stereocenters. The third-order valence-corrected chi connectivity index (χ3v) is 5.16. The average Bonchev–Trinajstić information content (AvgIpc) is 3.43. The van der Waals surface area contributed by atoms with Gasteiger partial charge in [0.1, 0.15) is 5.41 Å². The molecule has 0 aromatic heterocycles. The molecule has 1 saturated carbocycles. The lowest BCUT2D eigenvalue weighted by molar-refractivity contribution is -0.153. The van der Waals surface area contributed by atoms with Crippen molar-refractivity contribution in [3.8, 4) is 17.2 Å². The Labute approximate surface area is 146 Å². The standard InChI is InChI=1S/C18H23NO6/c1-23-13-10-11-4-8-19(16(20)18(6-7-18)17(21)22)9-5-12(11)14(24-2)15(13)25-3/h10H,4-9H2,1-3H3,(H,21,22). The van der Waals surface area contributed by atoms with Gasteiger partial charge in [0.05, 0.1) is 21.3 Å². The highest BCUT2D eigenvalue weighted by Crippen LogP contribution is 2.48. The van der Waals surface area contributed by atoms with Crippen LogP contribution in [0.3, 0.4) is 0 Å². The second kappa shape index (κ2) is 6.46. The summed E-state index contributed by atoms with van der Waals surface area (Å²) in [5.74, 6) is 0.450. The third-order valence-electron chi connectivity index (χ3n) is 5.16. The number of carboxylic acid groups (broad SMARTS) is 1. The Morgan fingerprint density at radius 3 is 2.20 bits per heavy atom. The summed E-state index contributed by atoms with van der Waals surface area (Å²) in [6.45, 7) is 0.951. The van der Waals surface area contributed by atoms with Crippen LogP contribution < -0.4 is 14.2 Å². The molecule has 1 aliphatic carbocycles. The number of ether oxygens (including phenoxy) is 3. The summed E-state index contributed by atoms with van der Waals surface area (Å²) >= 11 is 0. The maximum Gasteiger partial charge on any atom is 0.319 e. The van der Waals surface area contributed by atoms with E-state index in [9.17, 15) is 14.7 Å². The number of benzene rings is 1. The molecule has 1 amide bonds. The van der Waals surface area contributed by atoms with Crippen LogP contribution in [0.2, 0.25) is 0 Å². The van der Waals surface area contributed by atoms with Gasteiger partial charge in [-0.2, -0.15) is 0 Å². The summed E-state index contributed by atoms with van der Waals surface area (Å²) in [6, 6.07) is 1.91. The number of carboxylic acids is 1. The van der Waals surface area contributed by atoms with Crippen LogP contribution in [0.15, 0.2) is 6.07 Å². The first-order valence-corrected chi connectivity index (χ1v) is 8.32. The van der Waals surface area contributed by atoms with E-state index >= 15 is 0 Å². The summed E-state index contributed by atoms with van der Waals surface area (Å²) in [5.41, 5.74) is 0.816. The fraction of sp³-hybridized carbons (Fsp3) is 0.556. The van der Waals surface area contributed by atoms with Crippen LogP contribution in [0, 0.1) is 5.41 Å². The topological polar surface area (TPSA) is 85.3 Å². The molecule has 1 aromatic rings. The summed E-state index contributed by atoms with van der Waals surface area (Å²) in [5, 5.41) is 9.37. The van der Waals surface area contributed by atoms with Crippen molar-refractivity contribution < 1.29 is 28.9 Å². The van der Waals surface area contributed by atoms with Gasteiger partial charge in [-0.05, 0) is 37.3 Å². The quantitative estimate of drug-likeness (QED) is 0.811. The van der Waals surface area contributed by atoms with Gasteiger partial charge in [-0.1, -0.05) is 0 Å². The van der Waals surface area contributed by atoms with Crippen molar-refractivity contribution in [1.82, 2.24) is 4.90 Å². The van der Waals surface area contributed by atoms with Crippen molar-refractivity contribution in [2.45, 2.75) is 25.7 Å². The zero-order valence-electron chi connectivity index (χ0n) is 14.8. The van der Waals surface area contributed by atoms with E-state index in [-0.39, 0.29) is 5.91 Å². The van der Waals surface area contributed by atoms with E-state index < -0.39 is 11.4 Å². The van der Waals surface area contributed by atoms with Crippen molar-refractivity contribution in [1.29, 1.82) is 0 Å². The third kappa shape index (κ3) is 2.77. The molecule has 1 heterocycles. The highest BCUT2D eigenvalue weighted by molar-refractivity contribution is 6.04. The first kappa shape index (κ1) is 17.4. The van der Waals surface area contributed by atoms with Crippen molar-refractivity contribution in [2.75, 3.05) is 34.4 Å². The van der Waals surface area contributed by atoms with Crippen LogP contribution in [-0.2, 0) is 22.4 Å². The minimum atomic E-state index is -1.20. The summed E-state index contributed by atoms with van der Waals surface area (Å²) in [4.78, 5) is 25.8. The molecule has 0 spiro atoms. The molecule has 2 aliphatic rings. The minimum absolute atomic E-state index is 0.272. The molecule has 7 heteroatoms. The van der Waals surface area contributed by atoms with E-state index in [0.717, 1.165) is 11.1 Å². The van der Waals surface area contributed by atoms with Gasteiger partial charge in [-0.15, -0.1) is 0 Å². The van der Waals surface area contributed by atoms with E-state index in [1.165, 1.54) is 0 Å². The number of fused-ring (bicyclic) bond motifs is 1. The zero-order chi connectivity index (χ0) is 18.2. The van der Waals surface area contributed by atoms with E-state index in [4.69, 9.17) is 14.2 Å². The molecule has 0 bridgehead atoms. The number of methoxy groups -OCH3 is 3. The van der Waals surface area contributed by atoms with Gasteiger partial charge in [0.2, 0.25) is 11.7 Å². The number of rotatable bonds is 5. The van der Waals surface area contributed by atoms with Crippen LogP contribution in [0.25, 0.3) is 0 Å². The van der Waals surface area contributed by atoms with Crippen molar-refractivity contribution in [2.24, 2.45) is 5.41 Å². The number of hydrogen-bond donors (Lipinski definition) is 1. The Morgan fingerprint density at radius 2 is 1.68 bits per heavy atom.